The minimum Gasteiger partial charge on any atom is -0.270 e. The number of hydrogen-bond donors (Lipinski definition) is 0. The number of imide groups is 1. The number of amides is 2. The summed E-state index contributed by atoms with van der Waals surface area (Å²) < 4.78 is 0.767. The first-order valence-electron chi connectivity index (χ1n) is 6.08. The first-order valence-corrected chi connectivity index (χ1v) is 7.91. The molecule has 6 heteroatoms. The average molecular weight is 432 g/mol. The molecule has 2 aromatic carbocycles. The lowest BCUT2D eigenvalue weighted by Crippen LogP contribution is -2.29. The molecule has 1 aliphatic rings. The van der Waals surface area contributed by atoms with Crippen LogP contribution in [0.1, 0.15) is 26.3 Å². The van der Waals surface area contributed by atoms with E-state index < -0.39 is 0 Å². The van der Waals surface area contributed by atoms with E-state index in [-0.39, 0.29) is 18.4 Å². The highest BCUT2D eigenvalue weighted by atomic mass is 127. The summed E-state index contributed by atoms with van der Waals surface area (Å²) in [4.78, 5) is 26.0. The fourth-order valence-electron chi connectivity index (χ4n) is 2.28. The van der Waals surface area contributed by atoms with Crippen LogP contribution in [0.15, 0.2) is 36.4 Å². The van der Waals surface area contributed by atoms with Gasteiger partial charge >= 0.3 is 0 Å². The Kier molecular flexibility index (Phi) is 3.94. The van der Waals surface area contributed by atoms with Gasteiger partial charge in [-0.1, -0.05) is 41.4 Å². The summed E-state index contributed by atoms with van der Waals surface area (Å²) in [5, 5.41) is 0.769. The Labute approximate surface area is 145 Å². The molecule has 0 radical (unpaired) electrons. The summed E-state index contributed by atoms with van der Waals surface area (Å²) in [5.74, 6) is -0.597. The third kappa shape index (κ3) is 2.45. The van der Waals surface area contributed by atoms with Crippen LogP contribution in [-0.2, 0) is 6.54 Å². The average Bonchev–Trinajstić information content (AvgIpc) is 2.70. The maximum absolute atomic E-state index is 12.5. The van der Waals surface area contributed by atoms with Gasteiger partial charge in [0.25, 0.3) is 11.8 Å². The fourth-order valence-corrected chi connectivity index (χ4v) is 3.39. The number of hydrogen-bond acceptors (Lipinski definition) is 2. The van der Waals surface area contributed by atoms with Crippen molar-refractivity contribution in [1.29, 1.82) is 0 Å². The van der Waals surface area contributed by atoms with Gasteiger partial charge in [0.05, 0.1) is 27.7 Å². The van der Waals surface area contributed by atoms with Crippen molar-refractivity contribution >= 4 is 57.6 Å². The van der Waals surface area contributed by atoms with Gasteiger partial charge in [0.2, 0.25) is 0 Å². The summed E-state index contributed by atoms with van der Waals surface area (Å²) in [6.45, 7) is 0.113. The molecule has 2 amide bonds. The van der Waals surface area contributed by atoms with Gasteiger partial charge in [0.1, 0.15) is 0 Å². The number of nitrogens with zero attached hydrogens (tertiary/aromatic N) is 1. The van der Waals surface area contributed by atoms with E-state index in [0.717, 1.165) is 3.57 Å². The van der Waals surface area contributed by atoms with Crippen molar-refractivity contribution in [2.45, 2.75) is 6.54 Å². The molecule has 0 aromatic heterocycles. The van der Waals surface area contributed by atoms with Gasteiger partial charge in [-0.2, -0.15) is 0 Å². The Morgan fingerprint density at radius 3 is 2.43 bits per heavy atom. The molecule has 2 aromatic rings. The lowest BCUT2D eigenvalue weighted by Gasteiger charge is -2.15. The normalized spacial score (nSPS) is 13.8. The third-order valence-electron chi connectivity index (χ3n) is 3.31. The zero-order valence-corrected chi connectivity index (χ0v) is 14.2. The molecule has 106 valence electrons. The predicted octanol–water partition coefficient (Wildman–Crippen LogP) is 4.39. The summed E-state index contributed by atoms with van der Waals surface area (Å²) in [5.41, 5.74) is 1.54. The van der Waals surface area contributed by atoms with E-state index in [0.29, 0.717) is 26.7 Å². The highest BCUT2D eigenvalue weighted by Gasteiger charge is 2.37. The zero-order valence-electron chi connectivity index (χ0n) is 10.6. The molecule has 0 spiro atoms. The molecule has 21 heavy (non-hydrogen) atoms. The Hall–Kier alpha value is -1.11. The van der Waals surface area contributed by atoms with Gasteiger partial charge in [-0.25, -0.2) is 0 Å². The van der Waals surface area contributed by atoms with E-state index in [9.17, 15) is 9.59 Å². The molecule has 0 N–H and O–H groups in total. The molecule has 3 rings (SSSR count). The van der Waals surface area contributed by atoms with E-state index in [1.54, 1.807) is 36.4 Å². The summed E-state index contributed by atoms with van der Waals surface area (Å²) in [6, 6.07) is 10.4. The third-order valence-corrected chi connectivity index (χ3v) is 5.07. The van der Waals surface area contributed by atoms with E-state index >= 15 is 0 Å². The molecule has 0 saturated heterocycles. The largest absolute Gasteiger partial charge is 0.270 e. The van der Waals surface area contributed by atoms with Crippen LogP contribution < -0.4 is 0 Å². The van der Waals surface area contributed by atoms with Gasteiger partial charge in [-0.05, 0) is 46.4 Å². The van der Waals surface area contributed by atoms with Crippen molar-refractivity contribution < 1.29 is 9.59 Å². The van der Waals surface area contributed by atoms with Gasteiger partial charge in [0, 0.05) is 3.57 Å². The van der Waals surface area contributed by atoms with Gasteiger partial charge in [-0.3, -0.25) is 14.5 Å². The van der Waals surface area contributed by atoms with Crippen LogP contribution in [0, 0.1) is 3.57 Å². The monoisotopic (exact) mass is 431 g/mol. The second-order valence-corrected chi connectivity index (χ2v) is 6.52. The van der Waals surface area contributed by atoms with Crippen LogP contribution in [0.4, 0.5) is 0 Å². The molecule has 1 aliphatic heterocycles. The van der Waals surface area contributed by atoms with Crippen molar-refractivity contribution in [1.82, 2.24) is 4.90 Å². The number of halogens is 3. The Morgan fingerprint density at radius 1 is 1.00 bits per heavy atom. The van der Waals surface area contributed by atoms with Crippen molar-refractivity contribution in [2.75, 3.05) is 0 Å². The zero-order chi connectivity index (χ0) is 15.1. The van der Waals surface area contributed by atoms with Gasteiger partial charge < -0.3 is 0 Å². The first kappa shape index (κ1) is 14.8. The van der Waals surface area contributed by atoms with Gasteiger partial charge in [0.15, 0.2) is 0 Å². The van der Waals surface area contributed by atoms with Crippen LogP contribution in [0.3, 0.4) is 0 Å². The molecular weight excluding hydrogens is 424 g/mol. The summed E-state index contributed by atoms with van der Waals surface area (Å²) in [6.07, 6.45) is 0. The maximum atomic E-state index is 12.5. The standard InChI is InChI=1S/C15H8Cl2INO2/c16-10-5-1-3-8(13(10)17)7-19-14(20)9-4-2-6-11(18)12(9)15(19)21/h1-6H,7H2. The minimum atomic E-state index is -0.301. The molecule has 0 unspecified atom stereocenters. The number of rotatable bonds is 2. The van der Waals surface area contributed by atoms with E-state index in [1.807, 2.05) is 0 Å². The molecule has 0 aliphatic carbocycles. The van der Waals surface area contributed by atoms with Crippen molar-refractivity contribution in [3.63, 3.8) is 0 Å². The lowest BCUT2D eigenvalue weighted by molar-refractivity contribution is 0.0642. The SMILES string of the molecule is O=C1c2cccc(I)c2C(=O)N1Cc1cccc(Cl)c1Cl. The maximum Gasteiger partial charge on any atom is 0.262 e. The Bertz CT molecular complexity index is 776. The number of fused-ring (bicyclic) bond motifs is 1. The summed E-state index contributed by atoms with van der Waals surface area (Å²) >= 11 is 14.1. The molecule has 0 bridgehead atoms. The van der Waals surface area contributed by atoms with E-state index in [1.165, 1.54) is 4.90 Å². The molecule has 3 nitrogen and oxygen atoms in total. The van der Waals surface area contributed by atoms with Crippen LogP contribution in [0.2, 0.25) is 10.0 Å². The van der Waals surface area contributed by atoms with E-state index in [2.05, 4.69) is 22.6 Å². The number of carbonyl (C=O) groups is 2. The first-order chi connectivity index (χ1) is 10.0. The van der Waals surface area contributed by atoms with Crippen LogP contribution in [0.5, 0.6) is 0 Å². The summed E-state index contributed by atoms with van der Waals surface area (Å²) in [7, 11) is 0. The highest BCUT2D eigenvalue weighted by Crippen LogP contribution is 2.31. The number of carbonyl (C=O) groups excluding carboxylic acids is 2. The second kappa shape index (κ2) is 5.59. The van der Waals surface area contributed by atoms with Crippen LogP contribution in [-0.4, -0.2) is 16.7 Å². The highest BCUT2D eigenvalue weighted by molar-refractivity contribution is 14.1. The van der Waals surface area contributed by atoms with Crippen molar-refractivity contribution in [3.05, 3.63) is 66.7 Å². The Morgan fingerprint density at radius 2 is 1.71 bits per heavy atom. The minimum absolute atomic E-state index is 0.113. The van der Waals surface area contributed by atoms with Crippen LogP contribution >= 0.6 is 45.8 Å². The molecule has 1 heterocycles. The lowest BCUT2D eigenvalue weighted by atomic mass is 10.1. The van der Waals surface area contributed by atoms with Crippen molar-refractivity contribution in [3.8, 4) is 0 Å². The number of benzene rings is 2. The van der Waals surface area contributed by atoms with E-state index in [4.69, 9.17) is 23.2 Å². The fraction of sp³-hybridized carbons (Fsp3) is 0.0667. The van der Waals surface area contributed by atoms with Crippen molar-refractivity contribution in [2.24, 2.45) is 0 Å². The smallest absolute Gasteiger partial charge is 0.262 e. The van der Waals surface area contributed by atoms with Crippen LogP contribution in [0.25, 0.3) is 0 Å². The predicted molar refractivity (Wildman–Crippen MR) is 89.8 cm³/mol. The quantitative estimate of drug-likeness (QED) is 0.522. The topological polar surface area (TPSA) is 37.4 Å². The molecule has 0 atom stereocenters. The second-order valence-electron chi connectivity index (χ2n) is 4.57. The molecular formula is C15H8Cl2INO2. The Balaban J connectivity index is 1.99. The molecule has 0 fully saturated rings. The van der Waals surface area contributed by atoms with Gasteiger partial charge in [-0.15, -0.1) is 0 Å². The molecule has 0 saturated carbocycles.